The predicted molar refractivity (Wildman–Crippen MR) is 63.5 cm³/mol. The smallest absolute Gasteiger partial charge is 0.305 e. The van der Waals surface area contributed by atoms with Crippen molar-refractivity contribution in [2.24, 2.45) is 5.92 Å². The number of rotatable bonds is 4. The quantitative estimate of drug-likeness (QED) is 0.654. The molecule has 5 nitrogen and oxygen atoms in total. The van der Waals surface area contributed by atoms with Gasteiger partial charge in [-0.1, -0.05) is 12.1 Å². The molecule has 0 aliphatic carbocycles. The molecule has 1 unspecified atom stereocenters. The van der Waals surface area contributed by atoms with Crippen LogP contribution in [0.5, 0.6) is 0 Å². The van der Waals surface area contributed by atoms with E-state index in [0.717, 1.165) is 13.0 Å². The molecule has 98 valence electrons. The van der Waals surface area contributed by atoms with Crippen molar-refractivity contribution in [3.05, 3.63) is 39.7 Å². The van der Waals surface area contributed by atoms with E-state index in [1.165, 1.54) is 12.1 Å². The van der Waals surface area contributed by atoms with Gasteiger partial charge in [0.2, 0.25) is 5.82 Å². The molecule has 1 heterocycles. The normalized spacial score (nSPS) is 20.2. The summed E-state index contributed by atoms with van der Waals surface area (Å²) in [4.78, 5) is 11.9. The second-order valence-electron chi connectivity index (χ2n) is 4.58. The summed E-state index contributed by atoms with van der Waals surface area (Å²) in [7, 11) is 0. The number of likely N-dealkylation sites (tertiary alicyclic amines) is 1. The zero-order valence-electron chi connectivity index (χ0n) is 9.88. The first-order chi connectivity index (χ1) is 8.61. The average molecular weight is 254 g/mol. The monoisotopic (exact) mass is 254 g/mol. The van der Waals surface area contributed by atoms with E-state index in [2.05, 4.69) is 0 Å². The topological polar surface area (TPSA) is 66.6 Å². The largest absolute Gasteiger partial charge is 0.396 e. The molecular weight excluding hydrogens is 239 g/mol. The van der Waals surface area contributed by atoms with Gasteiger partial charge in [0.1, 0.15) is 0 Å². The number of nitro groups is 1. The molecule has 0 spiro atoms. The Morgan fingerprint density at radius 1 is 1.56 bits per heavy atom. The molecule has 18 heavy (non-hydrogen) atoms. The van der Waals surface area contributed by atoms with Crippen molar-refractivity contribution in [1.29, 1.82) is 0 Å². The number of nitro benzene ring substituents is 1. The lowest BCUT2D eigenvalue weighted by molar-refractivity contribution is -0.387. The molecule has 0 radical (unpaired) electrons. The third-order valence-corrected chi connectivity index (χ3v) is 3.28. The van der Waals surface area contributed by atoms with E-state index in [4.69, 9.17) is 5.11 Å². The average Bonchev–Trinajstić information content (AvgIpc) is 2.79. The van der Waals surface area contributed by atoms with Crippen molar-refractivity contribution in [2.45, 2.75) is 13.0 Å². The molecule has 1 saturated heterocycles. The predicted octanol–water partition coefficient (Wildman–Crippen LogP) is 1.55. The number of nitrogens with zero attached hydrogens (tertiary/aromatic N) is 2. The SMILES string of the molecule is O=[N+]([O-])c1cccc(CN2CCC(CO)C2)c1F. The summed E-state index contributed by atoms with van der Waals surface area (Å²) in [5.41, 5.74) is -0.145. The molecule has 1 fully saturated rings. The third-order valence-electron chi connectivity index (χ3n) is 3.28. The number of halogens is 1. The zero-order chi connectivity index (χ0) is 13.1. The van der Waals surface area contributed by atoms with Gasteiger partial charge in [-0.2, -0.15) is 4.39 Å². The van der Waals surface area contributed by atoms with Crippen LogP contribution in [0.3, 0.4) is 0 Å². The van der Waals surface area contributed by atoms with Crippen molar-refractivity contribution in [1.82, 2.24) is 4.90 Å². The molecule has 1 aliphatic heterocycles. The highest BCUT2D eigenvalue weighted by Gasteiger charge is 2.24. The maximum Gasteiger partial charge on any atom is 0.305 e. The first kappa shape index (κ1) is 12.9. The van der Waals surface area contributed by atoms with Crippen molar-refractivity contribution in [3.63, 3.8) is 0 Å². The molecule has 6 heteroatoms. The van der Waals surface area contributed by atoms with Crippen LogP contribution in [0.2, 0.25) is 0 Å². The van der Waals surface area contributed by atoms with Crippen molar-refractivity contribution in [2.75, 3.05) is 19.7 Å². The van der Waals surface area contributed by atoms with Gasteiger partial charge in [0.25, 0.3) is 0 Å². The fourth-order valence-corrected chi connectivity index (χ4v) is 2.28. The number of aliphatic hydroxyl groups is 1. The lowest BCUT2D eigenvalue weighted by atomic mass is 10.1. The summed E-state index contributed by atoms with van der Waals surface area (Å²) in [5, 5.41) is 19.7. The Balaban J connectivity index is 2.10. The number of aliphatic hydroxyl groups excluding tert-OH is 1. The number of hydrogen-bond acceptors (Lipinski definition) is 4. The second kappa shape index (κ2) is 5.41. The molecule has 1 N–H and O–H groups in total. The maximum absolute atomic E-state index is 13.8. The van der Waals surface area contributed by atoms with Gasteiger partial charge in [-0.25, -0.2) is 0 Å². The minimum absolute atomic E-state index is 0.133. The van der Waals surface area contributed by atoms with Gasteiger partial charge in [-0.3, -0.25) is 15.0 Å². The summed E-state index contributed by atoms with van der Waals surface area (Å²) in [5.74, 6) is -0.526. The van der Waals surface area contributed by atoms with Crippen LogP contribution < -0.4 is 0 Å². The highest BCUT2D eigenvalue weighted by molar-refractivity contribution is 5.36. The molecule has 1 atom stereocenters. The second-order valence-corrected chi connectivity index (χ2v) is 4.58. The van der Waals surface area contributed by atoms with Crippen LogP contribution in [0.1, 0.15) is 12.0 Å². The van der Waals surface area contributed by atoms with E-state index in [0.29, 0.717) is 18.7 Å². The highest BCUT2D eigenvalue weighted by Crippen LogP contribution is 2.24. The van der Waals surface area contributed by atoms with Crippen LogP contribution in [-0.2, 0) is 6.54 Å². The van der Waals surface area contributed by atoms with E-state index < -0.39 is 16.4 Å². The molecule has 0 amide bonds. The summed E-state index contributed by atoms with van der Waals surface area (Å²) in [6.07, 6.45) is 0.882. The molecule has 0 bridgehead atoms. The van der Waals surface area contributed by atoms with Crippen molar-refractivity contribution >= 4 is 5.69 Å². The van der Waals surface area contributed by atoms with E-state index in [9.17, 15) is 14.5 Å². The van der Waals surface area contributed by atoms with Crippen LogP contribution in [0.25, 0.3) is 0 Å². The Labute approximate surface area is 104 Å². The fraction of sp³-hybridized carbons (Fsp3) is 0.500. The van der Waals surface area contributed by atoms with E-state index in [1.54, 1.807) is 6.07 Å². The summed E-state index contributed by atoms with van der Waals surface area (Å²) in [6.45, 7) is 1.98. The fourth-order valence-electron chi connectivity index (χ4n) is 2.28. The number of benzene rings is 1. The Morgan fingerprint density at radius 2 is 2.33 bits per heavy atom. The lowest BCUT2D eigenvalue weighted by Gasteiger charge is -2.15. The van der Waals surface area contributed by atoms with Crippen molar-refractivity contribution in [3.8, 4) is 0 Å². The van der Waals surface area contributed by atoms with Gasteiger partial charge in [0, 0.05) is 31.3 Å². The Bertz CT molecular complexity index is 453. The zero-order valence-corrected chi connectivity index (χ0v) is 9.88. The molecular formula is C12H15FN2O3. The van der Waals surface area contributed by atoms with Gasteiger partial charge in [-0.05, 0) is 18.9 Å². The third kappa shape index (κ3) is 2.65. The molecule has 0 saturated carbocycles. The summed E-state index contributed by atoms with van der Waals surface area (Å²) in [6, 6.07) is 4.23. The minimum atomic E-state index is -0.755. The molecule has 1 aliphatic rings. The minimum Gasteiger partial charge on any atom is -0.396 e. The van der Waals surface area contributed by atoms with Gasteiger partial charge in [0.05, 0.1) is 4.92 Å². The van der Waals surface area contributed by atoms with Gasteiger partial charge >= 0.3 is 5.69 Å². The Morgan fingerprint density at radius 3 is 2.94 bits per heavy atom. The van der Waals surface area contributed by atoms with Crippen LogP contribution in [0.4, 0.5) is 10.1 Å². The van der Waals surface area contributed by atoms with E-state index in [-0.39, 0.29) is 12.5 Å². The van der Waals surface area contributed by atoms with Crippen LogP contribution in [-0.4, -0.2) is 34.6 Å². The molecule has 0 aromatic heterocycles. The van der Waals surface area contributed by atoms with Gasteiger partial charge in [-0.15, -0.1) is 0 Å². The Hall–Kier alpha value is -1.53. The lowest BCUT2D eigenvalue weighted by Crippen LogP contribution is -2.21. The van der Waals surface area contributed by atoms with E-state index in [1.807, 2.05) is 4.90 Å². The molecule has 1 aromatic carbocycles. The van der Waals surface area contributed by atoms with Gasteiger partial charge in [0.15, 0.2) is 0 Å². The molecule has 1 aromatic rings. The standard InChI is InChI=1S/C12H15FN2O3/c13-12-10(2-1-3-11(12)15(17)18)7-14-5-4-9(6-14)8-16/h1-3,9,16H,4-8H2. The van der Waals surface area contributed by atoms with Gasteiger partial charge < -0.3 is 5.11 Å². The van der Waals surface area contributed by atoms with E-state index >= 15 is 0 Å². The van der Waals surface area contributed by atoms with Crippen molar-refractivity contribution < 1.29 is 14.4 Å². The first-order valence-electron chi connectivity index (χ1n) is 5.86. The maximum atomic E-state index is 13.8. The number of hydrogen-bond donors (Lipinski definition) is 1. The van der Waals surface area contributed by atoms with Crippen LogP contribution in [0.15, 0.2) is 18.2 Å². The Kier molecular flexibility index (Phi) is 3.88. The summed E-state index contributed by atoms with van der Waals surface area (Å²) >= 11 is 0. The van der Waals surface area contributed by atoms with Crippen LogP contribution in [0, 0.1) is 21.8 Å². The first-order valence-corrected chi connectivity index (χ1v) is 5.86. The summed E-state index contributed by atoms with van der Waals surface area (Å²) < 4.78 is 13.8. The van der Waals surface area contributed by atoms with Crippen LogP contribution >= 0.6 is 0 Å². The highest BCUT2D eigenvalue weighted by atomic mass is 19.1. The molecule has 2 rings (SSSR count).